The molecular weight excluding hydrogens is 176 g/mol. The molecule has 1 aromatic rings. The molecule has 0 N–H and O–H groups in total. The van der Waals surface area contributed by atoms with Crippen LogP contribution in [0.15, 0.2) is 43.0 Å². The van der Waals surface area contributed by atoms with E-state index in [0.29, 0.717) is 19.6 Å². The van der Waals surface area contributed by atoms with E-state index >= 15 is 0 Å². The Kier molecular flexibility index (Phi) is 4.65. The molecule has 1 aromatic carbocycles. The average Bonchev–Trinajstić information content (AvgIpc) is 2.25. The molecule has 0 unspecified atom stereocenters. The third kappa shape index (κ3) is 3.54. The highest BCUT2D eigenvalue weighted by Gasteiger charge is 2.03. The van der Waals surface area contributed by atoms with Crippen molar-refractivity contribution in [3.8, 4) is 0 Å². The zero-order valence-corrected chi connectivity index (χ0v) is 8.11. The Bertz CT molecular complexity index is 290. The van der Waals surface area contributed by atoms with E-state index in [0.717, 1.165) is 5.56 Å². The molecule has 74 valence electrons. The lowest BCUT2D eigenvalue weighted by atomic mass is 10.1. The largest absolute Gasteiger partial charge is 0.377 e. The minimum atomic E-state index is 0.120. The predicted octanol–water partition coefficient (Wildman–Crippen LogP) is 2.46. The molecule has 0 fully saturated rings. The fourth-order valence-electron chi connectivity index (χ4n) is 1.10. The van der Waals surface area contributed by atoms with Crippen LogP contribution in [0.3, 0.4) is 0 Å². The Labute approximate surface area is 84.2 Å². The number of hydrogen-bond donors (Lipinski definition) is 0. The van der Waals surface area contributed by atoms with Gasteiger partial charge in [0.25, 0.3) is 0 Å². The fourth-order valence-corrected chi connectivity index (χ4v) is 1.10. The highest BCUT2D eigenvalue weighted by molar-refractivity contribution is 5.96. The second kappa shape index (κ2) is 6.11. The summed E-state index contributed by atoms with van der Waals surface area (Å²) in [7, 11) is 0. The summed E-state index contributed by atoms with van der Waals surface area (Å²) in [6, 6.07) is 9.24. The Morgan fingerprint density at radius 1 is 1.36 bits per heavy atom. The van der Waals surface area contributed by atoms with Crippen LogP contribution < -0.4 is 0 Å². The highest BCUT2D eigenvalue weighted by atomic mass is 16.5. The molecule has 0 aliphatic carbocycles. The minimum absolute atomic E-state index is 0.120. The van der Waals surface area contributed by atoms with Gasteiger partial charge in [-0.25, -0.2) is 0 Å². The molecule has 1 rings (SSSR count). The SMILES string of the molecule is C=CCOCCC(=O)c1ccccc1. The number of rotatable bonds is 6. The first-order valence-corrected chi connectivity index (χ1v) is 4.61. The van der Waals surface area contributed by atoms with E-state index in [2.05, 4.69) is 6.58 Å². The first-order valence-electron chi connectivity index (χ1n) is 4.61. The van der Waals surface area contributed by atoms with E-state index in [4.69, 9.17) is 4.74 Å². The monoisotopic (exact) mass is 190 g/mol. The van der Waals surface area contributed by atoms with Gasteiger partial charge in [-0.15, -0.1) is 6.58 Å². The van der Waals surface area contributed by atoms with E-state index in [1.807, 2.05) is 30.3 Å². The van der Waals surface area contributed by atoms with Crippen LogP contribution in [0.4, 0.5) is 0 Å². The third-order valence-electron chi connectivity index (χ3n) is 1.80. The normalized spacial score (nSPS) is 9.71. The second-order valence-corrected chi connectivity index (χ2v) is 2.90. The van der Waals surface area contributed by atoms with Gasteiger partial charge in [0.2, 0.25) is 0 Å². The zero-order chi connectivity index (χ0) is 10.2. The van der Waals surface area contributed by atoms with Crippen molar-refractivity contribution < 1.29 is 9.53 Å². The van der Waals surface area contributed by atoms with Gasteiger partial charge in [0.05, 0.1) is 13.2 Å². The lowest BCUT2D eigenvalue weighted by Gasteiger charge is -2.00. The summed E-state index contributed by atoms with van der Waals surface area (Å²) in [5.41, 5.74) is 0.745. The summed E-state index contributed by atoms with van der Waals surface area (Å²) in [6.07, 6.45) is 2.10. The number of ether oxygens (including phenoxy) is 1. The smallest absolute Gasteiger partial charge is 0.165 e. The van der Waals surface area contributed by atoms with Gasteiger partial charge in [0.15, 0.2) is 5.78 Å². The van der Waals surface area contributed by atoms with Gasteiger partial charge in [-0.3, -0.25) is 4.79 Å². The number of carbonyl (C=O) groups is 1. The number of carbonyl (C=O) groups excluding carboxylic acids is 1. The zero-order valence-electron chi connectivity index (χ0n) is 8.11. The minimum Gasteiger partial charge on any atom is -0.377 e. The maximum Gasteiger partial charge on any atom is 0.165 e. The topological polar surface area (TPSA) is 26.3 Å². The van der Waals surface area contributed by atoms with Gasteiger partial charge >= 0.3 is 0 Å². The Morgan fingerprint density at radius 3 is 2.71 bits per heavy atom. The van der Waals surface area contributed by atoms with E-state index in [9.17, 15) is 4.79 Å². The number of hydrogen-bond acceptors (Lipinski definition) is 2. The van der Waals surface area contributed by atoms with E-state index in [-0.39, 0.29) is 5.78 Å². The molecule has 0 amide bonds. The van der Waals surface area contributed by atoms with Crippen molar-refractivity contribution in [1.29, 1.82) is 0 Å². The molecule has 2 heteroatoms. The van der Waals surface area contributed by atoms with Gasteiger partial charge in [-0.05, 0) is 0 Å². The molecule has 0 spiro atoms. The molecule has 0 bridgehead atoms. The first kappa shape index (κ1) is 10.7. The summed E-state index contributed by atoms with van der Waals surface area (Å²) in [5.74, 6) is 0.120. The Balaban J connectivity index is 2.32. The molecule has 14 heavy (non-hydrogen) atoms. The van der Waals surface area contributed by atoms with Crippen molar-refractivity contribution in [2.24, 2.45) is 0 Å². The maximum atomic E-state index is 11.5. The van der Waals surface area contributed by atoms with Gasteiger partial charge in [-0.2, -0.15) is 0 Å². The van der Waals surface area contributed by atoms with Gasteiger partial charge in [0.1, 0.15) is 0 Å². The van der Waals surface area contributed by atoms with Crippen LogP contribution in [0.2, 0.25) is 0 Å². The van der Waals surface area contributed by atoms with Crippen molar-refractivity contribution in [1.82, 2.24) is 0 Å². The fraction of sp³-hybridized carbons (Fsp3) is 0.250. The van der Waals surface area contributed by atoms with Crippen LogP contribution in [0.25, 0.3) is 0 Å². The molecule has 0 aromatic heterocycles. The van der Waals surface area contributed by atoms with Crippen molar-refractivity contribution in [3.05, 3.63) is 48.6 Å². The van der Waals surface area contributed by atoms with Crippen LogP contribution in [0, 0.1) is 0 Å². The average molecular weight is 190 g/mol. The first-order chi connectivity index (χ1) is 6.84. The third-order valence-corrected chi connectivity index (χ3v) is 1.80. The number of Topliss-reactive ketones (excluding diaryl/α,β-unsaturated/α-hetero) is 1. The lowest BCUT2D eigenvalue weighted by Crippen LogP contribution is -2.04. The summed E-state index contributed by atoms with van der Waals surface area (Å²) in [5, 5.41) is 0. The lowest BCUT2D eigenvalue weighted by molar-refractivity contribution is 0.0910. The van der Waals surface area contributed by atoms with Crippen molar-refractivity contribution in [2.45, 2.75) is 6.42 Å². The van der Waals surface area contributed by atoms with Crippen LogP contribution in [0.5, 0.6) is 0 Å². The Morgan fingerprint density at radius 2 is 2.07 bits per heavy atom. The van der Waals surface area contributed by atoms with Gasteiger partial charge in [0, 0.05) is 12.0 Å². The molecule has 0 saturated carbocycles. The number of ketones is 1. The van der Waals surface area contributed by atoms with Crippen molar-refractivity contribution in [3.63, 3.8) is 0 Å². The number of benzene rings is 1. The van der Waals surface area contributed by atoms with Crippen LogP contribution in [0.1, 0.15) is 16.8 Å². The van der Waals surface area contributed by atoms with Gasteiger partial charge in [-0.1, -0.05) is 36.4 Å². The molecular formula is C12H14O2. The predicted molar refractivity (Wildman–Crippen MR) is 56.4 cm³/mol. The maximum absolute atomic E-state index is 11.5. The molecule has 0 heterocycles. The van der Waals surface area contributed by atoms with Crippen LogP contribution in [-0.2, 0) is 4.74 Å². The molecule has 0 aliphatic rings. The van der Waals surface area contributed by atoms with E-state index in [1.54, 1.807) is 6.08 Å². The van der Waals surface area contributed by atoms with Crippen LogP contribution in [-0.4, -0.2) is 19.0 Å². The Hall–Kier alpha value is -1.41. The molecule has 0 aliphatic heterocycles. The van der Waals surface area contributed by atoms with Crippen molar-refractivity contribution in [2.75, 3.05) is 13.2 Å². The summed E-state index contributed by atoms with van der Waals surface area (Å²) in [6.45, 7) is 4.49. The second-order valence-electron chi connectivity index (χ2n) is 2.90. The standard InChI is InChI=1S/C12H14O2/c1-2-9-14-10-8-12(13)11-6-4-3-5-7-11/h2-7H,1,8-10H2. The highest BCUT2D eigenvalue weighted by Crippen LogP contribution is 2.02. The molecule has 2 nitrogen and oxygen atoms in total. The van der Waals surface area contributed by atoms with E-state index in [1.165, 1.54) is 0 Å². The summed E-state index contributed by atoms with van der Waals surface area (Å²) in [4.78, 5) is 11.5. The van der Waals surface area contributed by atoms with Crippen LogP contribution >= 0.6 is 0 Å². The molecule has 0 saturated heterocycles. The quantitative estimate of drug-likeness (QED) is 0.391. The van der Waals surface area contributed by atoms with E-state index < -0.39 is 0 Å². The summed E-state index contributed by atoms with van der Waals surface area (Å²) < 4.78 is 5.14. The summed E-state index contributed by atoms with van der Waals surface area (Å²) >= 11 is 0. The molecule has 0 atom stereocenters. The molecule has 0 radical (unpaired) electrons. The van der Waals surface area contributed by atoms with Crippen molar-refractivity contribution >= 4 is 5.78 Å². The van der Waals surface area contributed by atoms with Gasteiger partial charge < -0.3 is 4.74 Å².